The summed E-state index contributed by atoms with van der Waals surface area (Å²) in [5.41, 5.74) is 6.92. The molecule has 2 heterocycles. The maximum atomic E-state index is 5.61. The van der Waals surface area contributed by atoms with E-state index in [4.69, 9.17) is 22.7 Å². The van der Waals surface area contributed by atoms with E-state index < -0.39 is 0 Å². The molecular formula is C12H18N4OS. The topological polar surface area (TPSA) is 73.1 Å². The first-order chi connectivity index (χ1) is 8.48. The monoisotopic (exact) mass is 266 g/mol. The van der Waals surface area contributed by atoms with Crippen molar-refractivity contribution in [1.82, 2.24) is 9.97 Å². The molecule has 2 rings (SSSR count). The second kappa shape index (κ2) is 5.16. The van der Waals surface area contributed by atoms with E-state index in [1.165, 1.54) is 0 Å². The molecule has 0 amide bonds. The van der Waals surface area contributed by atoms with Gasteiger partial charge in [-0.25, -0.2) is 9.97 Å². The highest BCUT2D eigenvalue weighted by Crippen LogP contribution is 2.22. The highest BCUT2D eigenvalue weighted by atomic mass is 32.1. The molecule has 1 aromatic heterocycles. The van der Waals surface area contributed by atoms with E-state index in [1.54, 1.807) is 6.07 Å². The zero-order valence-corrected chi connectivity index (χ0v) is 11.5. The lowest BCUT2D eigenvalue weighted by Gasteiger charge is -2.34. The largest absolute Gasteiger partial charge is 0.388 e. The Labute approximate surface area is 112 Å². The second-order valence-corrected chi connectivity index (χ2v) is 5.36. The lowest BCUT2D eigenvalue weighted by molar-refractivity contribution is 0.0537. The number of nitrogens with zero attached hydrogens (tertiary/aromatic N) is 2. The highest BCUT2D eigenvalue weighted by Gasteiger charge is 2.28. The van der Waals surface area contributed by atoms with Gasteiger partial charge in [-0.05, 0) is 32.8 Å². The van der Waals surface area contributed by atoms with Crippen LogP contribution in [0.1, 0.15) is 31.2 Å². The number of hydrogen-bond acceptors (Lipinski definition) is 5. The van der Waals surface area contributed by atoms with Crippen molar-refractivity contribution in [1.29, 1.82) is 0 Å². The maximum absolute atomic E-state index is 5.61. The van der Waals surface area contributed by atoms with E-state index in [0.29, 0.717) is 18.2 Å². The van der Waals surface area contributed by atoms with Gasteiger partial charge < -0.3 is 15.8 Å². The van der Waals surface area contributed by atoms with Crippen molar-refractivity contribution in [3.8, 4) is 0 Å². The van der Waals surface area contributed by atoms with Crippen LogP contribution >= 0.6 is 12.2 Å². The van der Waals surface area contributed by atoms with Gasteiger partial charge in [-0.2, -0.15) is 0 Å². The molecule has 0 spiro atoms. The summed E-state index contributed by atoms with van der Waals surface area (Å²) in [7, 11) is 0. The zero-order valence-electron chi connectivity index (χ0n) is 10.7. The van der Waals surface area contributed by atoms with Crippen LogP contribution < -0.4 is 11.1 Å². The van der Waals surface area contributed by atoms with Gasteiger partial charge in [0.1, 0.15) is 10.7 Å². The Morgan fingerprint density at radius 3 is 2.94 bits per heavy atom. The number of hydrogen-bond donors (Lipinski definition) is 2. The SMILES string of the molecule is Cc1cc(C(N)=S)nc(NC2(C)CCCOC2)n1. The molecule has 1 saturated heterocycles. The average molecular weight is 266 g/mol. The molecule has 6 heteroatoms. The first-order valence-electron chi connectivity index (χ1n) is 6.00. The summed E-state index contributed by atoms with van der Waals surface area (Å²) in [5, 5.41) is 3.33. The van der Waals surface area contributed by atoms with Crippen LogP contribution in [0.4, 0.5) is 5.95 Å². The molecule has 1 aliphatic heterocycles. The quantitative estimate of drug-likeness (QED) is 0.806. The van der Waals surface area contributed by atoms with Gasteiger partial charge in [-0.1, -0.05) is 12.2 Å². The molecule has 0 aromatic carbocycles. The summed E-state index contributed by atoms with van der Waals surface area (Å²) in [4.78, 5) is 8.98. The van der Waals surface area contributed by atoms with Crippen LogP contribution in [0.5, 0.6) is 0 Å². The molecule has 1 aliphatic rings. The van der Waals surface area contributed by atoms with Gasteiger partial charge in [0.15, 0.2) is 0 Å². The molecule has 1 atom stereocenters. The molecular weight excluding hydrogens is 248 g/mol. The van der Waals surface area contributed by atoms with Crippen LogP contribution in [0.15, 0.2) is 6.07 Å². The minimum atomic E-state index is -0.125. The molecule has 0 saturated carbocycles. The number of rotatable bonds is 3. The summed E-state index contributed by atoms with van der Waals surface area (Å²) in [6.45, 7) is 5.49. The van der Waals surface area contributed by atoms with Crippen molar-refractivity contribution in [2.45, 2.75) is 32.2 Å². The Kier molecular flexibility index (Phi) is 3.77. The van der Waals surface area contributed by atoms with Gasteiger partial charge in [0.2, 0.25) is 5.95 Å². The minimum absolute atomic E-state index is 0.125. The molecule has 0 radical (unpaired) electrons. The average Bonchev–Trinajstić information content (AvgIpc) is 2.28. The predicted molar refractivity (Wildman–Crippen MR) is 74.7 cm³/mol. The fraction of sp³-hybridized carbons (Fsp3) is 0.583. The summed E-state index contributed by atoms with van der Waals surface area (Å²) >= 11 is 4.95. The van der Waals surface area contributed by atoms with Crippen molar-refractivity contribution in [2.24, 2.45) is 5.73 Å². The Hall–Kier alpha value is -1.27. The summed E-state index contributed by atoms with van der Waals surface area (Å²) in [6, 6.07) is 1.78. The number of nitrogens with two attached hydrogens (primary N) is 1. The lowest BCUT2D eigenvalue weighted by atomic mass is 9.95. The van der Waals surface area contributed by atoms with Crippen LogP contribution in [0, 0.1) is 6.92 Å². The van der Waals surface area contributed by atoms with Crippen molar-refractivity contribution in [2.75, 3.05) is 18.5 Å². The van der Waals surface area contributed by atoms with Crippen molar-refractivity contribution in [3.63, 3.8) is 0 Å². The Balaban J connectivity index is 2.20. The lowest BCUT2D eigenvalue weighted by Crippen LogP contribution is -2.43. The van der Waals surface area contributed by atoms with E-state index in [2.05, 4.69) is 22.2 Å². The van der Waals surface area contributed by atoms with Gasteiger partial charge in [-0.3, -0.25) is 0 Å². The first kappa shape index (κ1) is 13.2. The van der Waals surface area contributed by atoms with Crippen molar-refractivity contribution in [3.05, 3.63) is 17.5 Å². The number of nitrogens with one attached hydrogen (secondary N) is 1. The van der Waals surface area contributed by atoms with Gasteiger partial charge >= 0.3 is 0 Å². The number of aryl methyl sites for hydroxylation is 1. The third-order valence-corrected chi connectivity index (χ3v) is 3.17. The van der Waals surface area contributed by atoms with E-state index in [-0.39, 0.29) is 10.5 Å². The van der Waals surface area contributed by atoms with Crippen molar-refractivity contribution < 1.29 is 4.74 Å². The Morgan fingerprint density at radius 2 is 2.33 bits per heavy atom. The van der Waals surface area contributed by atoms with Gasteiger partial charge in [0, 0.05) is 12.3 Å². The van der Waals surface area contributed by atoms with E-state index in [1.807, 2.05) is 6.92 Å². The van der Waals surface area contributed by atoms with Crippen LogP contribution in [-0.2, 0) is 4.74 Å². The normalized spacial score (nSPS) is 23.7. The van der Waals surface area contributed by atoms with Crippen LogP contribution in [0.3, 0.4) is 0 Å². The molecule has 1 unspecified atom stereocenters. The predicted octanol–water partition coefficient (Wildman–Crippen LogP) is 1.40. The second-order valence-electron chi connectivity index (χ2n) is 4.92. The summed E-state index contributed by atoms with van der Waals surface area (Å²) in [5.74, 6) is 0.561. The van der Waals surface area contributed by atoms with Crippen LogP contribution in [-0.4, -0.2) is 33.7 Å². The maximum Gasteiger partial charge on any atom is 0.224 e. The Morgan fingerprint density at radius 1 is 1.56 bits per heavy atom. The zero-order chi connectivity index (χ0) is 13.2. The number of aromatic nitrogens is 2. The molecule has 98 valence electrons. The molecule has 3 N–H and O–H groups in total. The standard InChI is InChI=1S/C12H18N4OS/c1-8-6-9(10(13)18)15-11(14-8)16-12(2)4-3-5-17-7-12/h6H,3-5,7H2,1-2H3,(H2,13,18)(H,14,15,16). The van der Waals surface area contributed by atoms with E-state index in [0.717, 1.165) is 25.1 Å². The number of thiocarbonyl (C=S) groups is 1. The van der Waals surface area contributed by atoms with Crippen LogP contribution in [0.2, 0.25) is 0 Å². The molecule has 0 aliphatic carbocycles. The third kappa shape index (κ3) is 3.14. The number of anilines is 1. The molecule has 18 heavy (non-hydrogen) atoms. The smallest absolute Gasteiger partial charge is 0.224 e. The molecule has 5 nitrogen and oxygen atoms in total. The fourth-order valence-corrected chi connectivity index (χ4v) is 2.16. The van der Waals surface area contributed by atoms with E-state index in [9.17, 15) is 0 Å². The van der Waals surface area contributed by atoms with E-state index >= 15 is 0 Å². The van der Waals surface area contributed by atoms with Gasteiger partial charge in [0.25, 0.3) is 0 Å². The summed E-state index contributed by atoms with van der Waals surface area (Å²) in [6.07, 6.45) is 2.07. The molecule has 1 aromatic rings. The minimum Gasteiger partial charge on any atom is -0.388 e. The summed E-state index contributed by atoms with van der Waals surface area (Å²) < 4.78 is 5.50. The van der Waals surface area contributed by atoms with Crippen molar-refractivity contribution >= 4 is 23.2 Å². The highest BCUT2D eigenvalue weighted by molar-refractivity contribution is 7.80. The number of ether oxygens (including phenoxy) is 1. The van der Waals surface area contributed by atoms with Crippen LogP contribution in [0.25, 0.3) is 0 Å². The fourth-order valence-electron chi connectivity index (χ4n) is 2.05. The van der Waals surface area contributed by atoms with Gasteiger partial charge in [0.05, 0.1) is 12.1 Å². The van der Waals surface area contributed by atoms with Gasteiger partial charge in [-0.15, -0.1) is 0 Å². The molecule has 0 bridgehead atoms. The third-order valence-electron chi connectivity index (χ3n) is 2.96. The Bertz CT molecular complexity index is 457. The molecule has 1 fully saturated rings. The first-order valence-corrected chi connectivity index (χ1v) is 6.41.